The number of hydrogen-bond acceptors (Lipinski definition) is 3. The van der Waals surface area contributed by atoms with Gasteiger partial charge in [0.05, 0.1) is 11.3 Å². The molecular formula is C21H23F3N4O. The highest BCUT2D eigenvalue weighted by atomic mass is 19.4. The van der Waals surface area contributed by atoms with Crippen molar-refractivity contribution in [3.05, 3.63) is 66.1 Å². The van der Waals surface area contributed by atoms with Gasteiger partial charge in [-0.1, -0.05) is 26.5 Å². The maximum atomic E-state index is 13.1. The second-order valence-electron chi connectivity index (χ2n) is 6.38. The predicted octanol–water partition coefficient (Wildman–Crippen LogP) is 5.50. The van der Waals surface area contributed by atoms with Crippen LogP contribution in [0.5, 0.6) is 0 Å². The summed E-state index contributed by atoms with van der Waals surface area (Å²) in [5, 5.41) is 6.47. The van der Waals surface area contributed by atoms with Crippen LogP contribution in [-0.2, 0) is 11.0 Å². The van der Waals surface area contributed by atoms with Crippen LogP contribution in [0.25, 0.3) is 5.69 Å². The minimum Gasteiger partial charge on any atom is -0.322 e. The Bertz CT molecular complexity index is 924. The molecule has 8 heteroatoms. The molecule has 0 spiro atoms. The Morgan fingerprint density at radius 3 is 2.52 bits per heavy atom. The predicted molar refractivity (Wildman–Crippen MR) is 108 cm³/mol. The smallest absolute Gasteiger partial charge is 0.322 e. The van der Waals surface area contributed by atoms with Crippen LogP contribution >= 0.6 is 0 Å². The molecule has 2 rings (SSSR count). The van der Waals surface area contributed by atoms with Gasteiger partial charge in [0.1, 0.15) is 0 Å². The number of benzene rings is 1. The van der Waals surface area contributed by atoms with Crippen LogP contribution in [0.2, 0.25) is 0 Å². The fraction of sp³-hybridized carbons (Fsp3) is 0.286. The highest BCUT2D eigenvalue weighted by Gasteiger charge is 2.35. The number of hydrogen-bond donors (Lipinski definition) is 1. The van der Waals surface area contributed by atoms with Gasteiger partial charge in [-0.2, -0.15) is 18.3 Å². The number of aromatic nitrogens is 2. The highest BCUT2D eigenvalue weighted by Crippen LogP contribution is 2.32. The van der Waals surface area contributed by atoms with E-state index in [9.17, 15) is 18.0 Å². The maximum absolute atomic E-state index is 13.1. The molecule has 0 saturated heterocycles. The first-order valence-electron chi connectivity index (χ1n) is 9.10. The number of amides is 1. The molecule has 5 nitrogen and oxygen atoms in total. The minimum absolute atomic E-state index is 0.0978. The third-order valence-corrected chi connectivity index (χ3v) is 4.41. The average Bonchev–Trinajstić information content (AvgIpc) is 3.14. The van der Waals surface area contributed by atoms with Crippen molar-refractivity contribution in [1.29, 1.82) is 0 Å². The SMILES string of the molecule is C=C/N=C\C(=C/C)C(=O)Nc1ccc(-n2nc(C(F)(F)F)cc2C(C)CC)cc1. The van der Waals surface area contributed by atoms with E-state index < -0.39 is 11.9 Å². The number of rotatable bonds is 7. The van der Waals surface area contributed by atoms with E-state index in [0.29, 0.717) is 29.1 Å². The van der Waals surface area contributed by atoms with Crippen LogP contribution < -0.4 is 5.32 Å². The van der Waals surface area contributed by atoms with Crippen molar-refractivity contribution >= 4 is 17.8 Å². The van der Waals surface area contributed by atoms with E-state index in [0.717, 1.165) is 6.07 Å². The van der Waals surface area contributed by atoms with E-state index in [1.807, 2.05) is 13.8 Å². The largest absolute Gasteiger partial charge is 0.435 e. The molecule has 0 radical (unpaired) electrons. The van der Waals surface area contributed by atoms with Crippen molar-refractivity contribution in [2.45, 2.75) is 39.3 Å². The summed E-state index contributed by atoms with van der Waals surface area (Å²) in [4.78, 5) is 16.1. The molecule has 0 aliphatic heterocycles. The fourth-order valence-corrected chi connectivity index (χ4v) is 2.59. The van der Waals surface area contributed by atoms with Gasteiger partial charge in [-0.15, -0.1) is 0 Å². The Morgan fingerprint density at radius 1 is 1.34 bits per heavy atom. The van der Waals surface area contributed by atoms with E-state index in [-0.39, 0.29) is 11.8 Å². The topological polar surface area (TPSA) is 59.3 Å². The second kappa shape index (κ2) is 9.36. The van der Waals surface area contributed by atoms with Crippen LogP contribution in [-0.4, -0.2) is 21.9 Å². The lowest BCUT2D eigenvalue weighted by molar-refractivity contribution is -0.141. The van der Waals surface area contributed by atoms with Gasteiger partial charge in [0.25, 0.3) is 5.91 Å². The lowest BCUT2D eigenvalue weighted by Gasteiger charge is -2.13. The van der Waals surface area contributed by atoms with Crippen molar-refractivity contribution in [3.8, 4) is 5.69 Å². The number of anilines is 1. The Balaban J connectivity index is 2.30. The van der Waals surface area contributed by atoms with Crippen molar-refractivity contribution in [3.63, 3.8) is 0 Å². The molecule has 0 aliphatic carbocycles. The standard InChI is InChI=1S/C21H23F3N4O/c1-5-14(4)18-12-19(21(22,23)24)27-28(18)17-10-8-16(9-11-17)26-20(29)15(6-2)13-25-7-3/h6-14H,3,5H2,1-2,4H3,(H,26,29)/b15-6+,25-13-. The van der Waals surface area contributed by atoms with Crippen molar-refractivity contribution in [2.24, 2.45) is 4.99 Å². The summed E-state index contributed by atoms with van der Waals surface area (Å²) in [6, 6.07) is 7.53. The Morgan fingerprint density at radius 2 is 2.00 bits per heavy atom. The Kier molecular flexibility index (Phi) is 7.14. The summed E-state index contributed by atoms with van der Waals surface area (Å²) >= 11 is 0. The summed E-state index contributed by atoms with van der Waals surface area (Å²) < 4.78 is 40.7. The molecule has 1 N–H and O–H groups in total. The van der Waals surface area contributed by atoms with Crippen molar-refractivity contribution in [1.82, 2.24) is 9.78 Å². The molecule has 0 saturated carbocycles. The molecule has 29 heavy (non-hydrogen) atoms. The number of halogens is 3. The quantitative estimate of drug-likeness (QED) is 0.489. The normalized spacial score (nSPS) is 13.5. The van der Waals surface area contributed by atoms with Crippen LogP contribution in [0.4, 0.5) is 18.9 Å². The van der Waals surface area contributed by atoms with Gasteiger partial charge in [0.15, 0.2) is 5.69 Å². The lowest BCUT2D eigenvalue weighted by Crippen LogP contribution is -2.15. The van der Waals surface area contributed by atoms with Gasteiger partial charge in [-0.3, -0.25) is 9.79 Å². The molecule has 0 fully saturated rings. The molecule has 1 aromatic carbocycles. The first-order chi connectivity index (χ1) is 13.7. The molecular weight excluding hydrogens is 381 g/mol. The molecule has 1 unspecified atom stereocenters. The zero-order chi connectivity index (χ0) is 21.6. The molecule has 1 aromatic heterocycles. The summed E-state index contributed by atoms with van der Waals surface area (Å²) in [5.74, 6) is -0.455. The highest BCUT2D eigenvalue weighted by molar-refractivity contribution is 6.17. The van der Waals surface area contributed by atoms with E-state index >= 15 is 0 Å². The Labute approximate surface area is 167 Å². The lowest BCUT2D eigenvalue weighted by atomic mass is 10.0. The molecule has 1 heterocycles. The van der Waals surface area contributed by atoms with E-state index in [2.05, 4.69) is 22.0 Å². The van der Waals surface area contributed by atoms with Crippen LogP contribution in [0.3, 0.4) is 0 Å². The van der Waals surface area contributed by atoms with Gasteiger partial charge < -0.3 is 5.32 Å². The number of nitrogens with one attached hydrogen (secondary N) is 1. The molecule has 0 aliphatic rings. The van der Waals surface area contributed by atoms with Crippen molar-refractivity contribution < 1.29 is 18.0 Å². The van der Waals surface area contributed by atoms with Crippen LogP contribution in [0, 0.1) is 0 Å². The van der Waals surface area contributed by atoms with Crippen LogP contribution in [0.1, 0.15) is 44.5 Å². The van der Waals surface area contributed by atoms with Crippen molar-refractivity contribution in [2.75, 3.05) is 5.32 Å². The van der Waals surface area contributed by atoms with Gasteiger partial charge in [0, 0.05) is 23.8 Å². The van der Waals surface area contributed by atoms with Crippen LogP contribution in [0.15, 0.2) is 59.8 Å². The number of aliphatic imine (C=N–C) groups is 1. The number of allylic oxidation sites excluding steroid dienone is 1. The summed E-state index contributed by atoms with van der Waals surface area (Å²) in [6.07, 6.45) is 0.474. The Hall–Kier alpha value is -3.16. The first kappa shape index (κ1) is 22.1. The van der Waals surface area contributed by atoms with Gasteiger partial charge in [0.2, 0.25) is 0 Å². The maximum Gasteiger partial charge on any atom is 0.435 e. The number of nitrogens with zero attached hydrogens (tertiary/aromatic N) is 3. The van der Waals surface area contributed by atoms with E-state index in [4.69, 9.17) is 0 Å². The molecule has 154 valence electrons. The van der Waals surface area contributed by atoms with E-state index in [1.165, 1.54) is 17.1 Å². The van der Waals surface area contributed by atoms with Gasteiger partial charge in [-0.05, 0) is 49.6 Å². The average molecular weight is 404 g/mol. The third-order valence-electron chi connectivity index (χ3n) is 4.41. The number of alkyl halides is 3. The summed E-state index contributed by atoms with van der Waals surface area (Å²) in [5.41, 5.74) is 0.888. The summed E-state index contributed by atoms with van der Waals surface area (Å²) in [7, 11) is 0. The molecule has 1 atom stereocenters. The molecule has 0 bridgehead atoms. The number of carbonyl (C=O) groups excluding carboxylic acids is 1. The van der Waals surface area contributed by atoms with Gasteiger partial charge in [-0.25, -0.2) is 4.68 Å². The first-order valence-corrected chi connectivity index (χ1v) is 9.10. The van der Waals surface area contributed by atoms with Gasteiger partial charge >= 0.3 is 6.18 Å². The zero-order valence-corrected chi connectivity index (χ0v) is 16.5. The number of carbonyl (C=O) groups is 1. The molecule has 2 aromatic rings. The van der Waals surface area contributed by atoms with E-state index in [1.54, 1.807) is 37.3 Å². The summed E-state index contributed by atoms with van der Waals surface area (Å²) in [6.45, 7) is 8.92. The minimum atomic E-state index is -4.52. The second-order valence-corrected chi connectivity index (χ2v) is 6.38. The fourth-order valence-electron chi connectivity index (χ4n) is 2.59. The molecule has 1 amide bonds. The third kappa shape index (κ3) is 5.43. The monoisotopic (exact) mass is 404 g/mol. The zero-order valence-electron chi connectivity index (χ0n) is 16.5.